The quantitative estimate of drug-likeness (QED) is 0.576. The Morgan fingerprint density at radius 2 is 1.63 bits per heavy atom. The van der Waals surface area contributed by atoms with Gasteiger partial charge in [0, 0.05) is 32.5 Å². The van der Waals surface area contributed by atoms with Crippen LogP contribution in [0, 0.1) is 5.92 Å². The average molecular weight is 413 g/mol. The summed E-state index contributed by atoms with van der Waals surface area (Å²) in [5, 5.41) is 2.90. The molecule has 2 aromatic carbocycles. The van der Waals surface area contributed by atoms with Gasteiger partial charge in [-0.3, -0.25) is 9.59 Å². The molecule has 1 N–H and O–H groups in total. The SMILES string of the molecule is COCCNC(=O)[C@@H](Cc1ccccc1)N(Cc1ccc(OC)cc1)C(=O)C(C)C. The number of nitrogens with zero attached hydrogens (tertiary/aromatic N) is 1. The van der Waals surface area contributed by atoms with Crippen molar-refractivity contribution in [3.8, 4) is 5.75 Å². The molecule has 0 bridgehead atoms. The molecule has 0 aromatic heterocycles. The molecule has 0 spiro atoms. The molecule has 0 saturated carbocycles. The van der Waals surface area contributed by atoms with Crippen LogP contribution in [0.15, 0.2) is 54.6 Å². The summed E-state index contributed by atoms with van der Waals surface area (Å²) in [6.45, 7) is 4.86. The van der Waals surface area contributed by atoms with Gasteiger partial charge in [-0.1, -0.05) is 56.3 Å². The number of rotatable bonds is 11. The fraction of sp³-hybridized carbons (Fsp3) is 0.417. The van der Waals surface area contributed by atoms with Crippen LogP contribution in [0.1, 0.15) is 25.0 Å². The lowest BCUT2D eigenvalue weighted by Crippen LogP contribution is -2.52. The summed E-state index contributed by atoms with van der Waals surface area (Å²) in [4.78, 5) is 27.9. The predicted molar refractivity (Wildman–Crippen MR) is 117 cm³/mol. The van der Waals surface area contributed by atoms with Crippen LogP contribution in [0.3, 0.4) is 0 Å². The Hall–Kier alpha value is -2.86. The highest BCUT2D eigenvalue weighted by atomic mass is 16.5. The number of ether oxygens (including phenoxy) is 2. The van der Waals surface area contributed by atoms with Crippen molar-refractivity contribution in [3.05, 3.63) is 65.7 Å². The van der Waals surface area contributed by atoms with Crippen LogP contribution in [-0.2, 0) is 27.3 Å². The van der Waals surface area contributed by atoms with Crippen LogP contribution >= 0.6 is 0 Å². The van der Waals surface area contributed by atoms with Gasteiger partial charge in [-0.15, -0.1) is 0 Å². The number of carbonyl (C=O) groups excluding carboxylic acids is 2. The van der Waals surface area contributed by atoms with Crippen molar-refractivity contribution in [1.82, 2.24) is 10.2 Å². The van der Waals surface area contributed by atoms with Gasteiger partial charge < -0.3 is 19.7 Å². The van der Waals surface area contributed by atoms with Crippen molar-refractivity contribution in [1.29, 1.82) is 0 Å². The lowest BCUT2D eigenvalue weighted by molar-refractivity contribution is -0.143. The molecule has 0 heterocycles. The molecule has 2 aromatic rings. The third-order valence-electron chi connectivity index (χ3n) is 4.85. The molecule has 0 radical (unpaired) electrons. The van der Waals surface area contributed by atoms with Gasteiger partial charge in [0.15, 0.2) is 0 Å². The lowest BCUT2D eigenvalue weighted by Gasteiger charge is -2.32. The summed E-state index contributed by atoms with van der Waals surface area (Å²) in [5.74, 6) is 0.277. The topological polar surface area (TPSA) is 67.9 Å². The minimum atomic E-state index is -0.624. The molecule has 6 heteroatoms. The summed E-state index contributed by atoms with van der Waals surface area (Å²) in [6, 6.07) is 16.7. The maximum atomic E-state index is 13.1. The summed E-state index contributed by atoms with van der Waals surface area (Å²) in [5.41, 5.74) is 1.94. The van der Waals surface area contributed by atoms with E-state index in [2.05, 4.69) is 5.32 Å². The molecular weight excluding hydrogens is 380 g/mol. The first-order valence-electron chi connectivity index (χ1n) is 10.2. The minimum Gasteiger partial charge on any atom is -0.497 e. The Bertz CT molecular complexity index is 791. The minimum absolute atomic E-state index is 0.0614. The number of benzene rings is 2. The lowest BCUT2D eigenvalue weighted by atomic mass is 10.0. The zero-order valence-corrected chi connectivity index (χ0v) is 18.3. The number of methoxy groups -OCH3 is 2. The zero-order valence-electron chi connectivity index (χ0n) is 18.3. The molecule has 0 fully saturated rings. The molecule has 2 rings (SSSR count). The van der Waals surface area contributed by atoms with E-state index in [0.29, 0.717) is 26.1 Å². The van der Waals surface area contributed by atoms with Crippen LogP contribution in [0.2, 0.25) is 0 Å². The fourth-order valence-corrected chi connectivity index (χ4v) is 3.18. The van der Waals surface area contributed by atoms with Crippen molar-refractivity contribution in [2.24, 2.45) is 5.92 Å². The normalized spacial score (nSPS) is 11.8. The van der Waals surface area contributed by atoms with Gasteiger partial charge in [0.1, 0.15) is 11.8 Å². The highest BCUT2D eigenvalue weighted by Crippen LogP contribution is 2.19. The summed E-state index contributed by atoms with van der Waals surface area (Å²) >= 11 is 0. The van der Waals surface area contributed by atoms with Gasteiger partial charge in [-0.05, 0) is 23.3 Å². The molecule has 0 saturated heterocycles. The second kappa shape index (κ2) is 12.0. The summed E-state index contributed by atoms with van der Waals surface area (Å²) < 4.78 is 10.3. The van der Waals surface area contributed by atoms with Crippen LogP contribution < -0.4 is 10.1 Å². The molecule has 1 atom stereocenters. The smallest absolute Gasteiger partial charge is 0.243 e. The monoisotopic (exact) mass is 412 g/mol. The predicted octanol–water partition coefficient (Wildman–Crippen LogP) is 3.05. The molecule has 0 aliphatic heterocycles. The molecule has 0 aliphatic carbocycles. The molecule has 162 valence electrons. The highest BCUT2D eigenvalue weighted by Gasteiger charge is 2.31. The van der Waals surface area contributed by atoms with Gasteiger partial charge in [0.2, 0.25) is 11.8 Å². The zero-order chi connectivity index (χ0) is 21.9. The van der Waals surface area contributed by atoms with E-state index in [-0.39, 0.29) is 17.7 Å². The van der Waals surface area contributed by atoms with Crippen LogP contribution in [0.4, 0.5) is 0 Å². The second-order valence-electron chi connectivity index (χ2n) is 7.46. The fourth-order valence-electron chi connectivity index (χ4n) is 3.18. The molecule has 0 aliphatic rings. The molecule has 6 nitrogen and oxygen atoms in total. The Morgan fingerprint density at radius 3 is 2.20 bits per heavy atom. The maximum Gasteiger partial charge on any atom is 0.243 e. The van der Waals surface area contributed by atoms with E-state index >= 15 is 0 Å². The van der Waals surface area contributed by atoms with E-state index < -0.39 is 6.04 Å². The van der Waals surface area contributed by atoms with E-state index in [1.807, 2.05) is 68.4 Å². The third kappa shape index (κ3) is 6.88. The first-order chi connectivity index (χ1) is 14.5. The average Bonchev–Trinajstić information content (AvgIpc) is 2.76. The summed E-state index contributed by atoms with van der Waals surface area (Å²) in [6.07, 6.45) is 0.439. The number of hydrogen-bond donors (Lipinski definition) is 1. The van der Waals surface area contributed by atoms with E-state index in [4.69, 9.17) is 9.47 Å². The van der Waals surface area contributed by atoms with Crippen molar-refractivity contribution in [3.63, 3.8) is 0 Å². The van der Waals surface area contributed by atoms with Crippen molar-refractivity contribution in [2.45, 2.75) is 32.9 Å². The maximum absolute atomic E-state index is 13.1. The summed E-state index contributed by atoms with van der Waals surface area (Å²) in [7, 11) is 3.20. The standard InChI is InChI=1S/C24H32N2O4/c1-18(2)24(28)26(17-20-10-12-21(30-4)13-11-20)22(23(27)25-14-15-29-3)16-19-8-6-5-7-9-19/h5-13,18,22H,14-17H2,1-4H3,(H,25,27)/t22-/m1/s1. The van der Waals surface area contributed by atoms with Crippen LogP contribution in [0.5, 0.6) is 5.75 Å². The Balaban J connectivity index is 2.33. The van der Waals surface area contributed by atoms with Crippen molar-refractivity contribution < 1.29 is 19.1 Å². The van der Waals surface area contributed by atoms with E-state index in [0.717, 1.165) is 16.9 Å². The molecule has 0 unspecified atom stereocenters. The van der Waals surface area contributed by atoms with Gasteiger partial charge in [-0.25, -0.2) is 0 Å². The largest absolute Gasteiger partial charge is 0.497 e. The van der Waals surface area contributed by atoms with Gasteiger partial charge in [0.05, 0.1) is 13.7 Å². The number of nitrogens with one attached hydrogen (secondary N) is 1. The second-order valence-corrected chi connectivity index (χ2v) is 7.46. The number of carbonyl (C=O) groups is 2. The Morgan fingerprint density at radius 1 is 0.967 bits per heavy atom. The third-order valence-corrected chi connectivity index (χ3v) is 4.85. The highest BCUT2D eigenvalue weighted by molar-refractivity contribution is 5.88. The van der Waals surface area contributed by atoms with E-state index in [1.165, 1.54) is 0 Å². The Kier molecular flexibility index (Phi) is 9.35. The number of hydrogen-bond acceptors (Lipinski definition) is 4. The number of amides is 2. The van der Waals surface area contributed by atoms with Gasteiger partial charge in [-0.2, -0.15) is 0 Å². The van der Waals surface area contributed by atoms with E-state index in [9.17, 15) is 9.59 Å². The van der Waals surface area contributed by atoms with Gasteiger partial charge in [0.25, 0.3) is 0 Å². The van der Waals surface area contributed by atoms with Crippen LogP contribution in [0.25, 0.3) is 0 Å². The van der Waals surface area contributed by atoms with Crippen molar-refractivity contribution >= 4 is 11.8 Å². The molecular formula is C24H32N2O4. The first kappa shape index (κ1) is 23.4. The molecule has 2 amide bonds. The Labute approximate surface area is 179 Å². The molecule has 30 heavy (non-hydrogen) atoms. The van der Waals surface area contributed by atoms with E-state index in [1.54, 1.807) is 19.1 Å². The first-order valence-corrected chi connectivity index (χ1v) is 10.2. The van der Waals surface area contributed by atoms with Crippen LogP contribution in [-0.4, -0.2) is 50.1 Å². The van der Waals surface area contributed by atoms with Crippen molar-refractivity contribution in [2.75, 3.05) is 27.4 Å². The van der Waals surface area contributed by atoms with Gasteiger partial charge >= 0.3 is 0 Å².